The fourth-order valence-electron chi connectivity index (χ4n) is 1.58. The van der Waals surface area contributed by atoms with E-state index < -0.39 is 47.7 Å². The highest BCUT2D eigenvalue weighted by Gasteiger charge is 2.48. The number of cyclic esters (lactones) is 1. The number of carbonyl (C=O) groups excluding carboxylic acids is 1. The van der Waals surface area contributed by atoms with E-state index in [-0.39, 0.29) is 12.4 Å². The van der Waals surface area contributed by atoms with E-state index in [9.17, 15) is 26.7 Å². The summed E-state index contributed by atoms with van der Waals surface area (Å²) in [4.78, 5) is 10.8. The molecule has 9 heteroatoms. The third-order valence-corrected chi connectivity index (χ3v) is 2.46. The van der Waals surface area contributed by atoms with E-state index in [0.717, 1.165) is 0 Å². The Morgan fingerprint density at radius 1 is 1.21 bits per heavy atom. The number of alkyl carbamates (subject to hydrolysis) is 1. The smallest absolute Gasteiger partial charge is 0.408 e. The molecule has 0 spiro atoms. The second-order valence-electron chi connectivity index (χ2n) is 3.68. The van der Waals surface area contributed by atoms with Crippen LogP contribution in [0.15, 0.2) is 12.1 Å². The summed E-state index contributed by atoms with van der Waals surface area (Å²) >= 11 is 0. The predicted molar refractivity (Wildman–Crippen MR) is 55.7 cm³/mol. The number of alkyl halides is 2. The number of hydrogen-bond acceptors (Lipinski definition) is 2. The van der Waals surface area contributed by atoms with E-state index in [4.69, 9.17) is 0 Å². The van der Waals surface area contributed by atoms with E-state index in [1.54, 1.807) is 5.32 Å². The van der Waals surface area contributed by atoms with Crippen molar-refractivity contribution in [3.05, 3.63) is 35.1 Å². The lowest BCUT2D eigenvalue weighted by Gasteiger charge is -2.31. The molecule has 1 fully saturated rings. The summed E-state index contributed by atoms with van der Waals surface area (Å²) in [5.74, 6) is -8.76. The van der Waals surface area contributed by atoms with Crippen molar-refractivity contribution in [1.82, 2.24) is 5.32 Å². The fourth-order valence-corrected chi connectivity index (χ4v) is 1.58. The molecule has 0 bridgehead atoms. The summed E-state index contributed by atoms with van der Waals surface area (Å²) in [5.41, 5.74) is -0.837. The van der Waals surface area contributed by atoms with E-state index in [0.29, 0.717) is 12.1 Å². The van der Waals surface area contributed by atoms with Gasteiger partial charge in [0.25, 0.3) is 0 Å². The Labute approximate surface area is 110 Å². The van der Waals surface area contributed by atoms with Crippen molar-refractivity contribution in [3.63, 3.8) is 0 Å². The highest BCUT2D eigenvalue weighted by atomic mass is 35.5. The van der Waals surface area contributed by atoms with Crippen LogP contribution < -0.4 is 5.32 Å². The molecule has 1 N–H and O–H groups in total. The van der Waals surface area contributed by atoms with E-state index >= 15 is 0 Å². The van der Waals surface area contributed by atoms with Crippen LogP contribution in [0.1, 0.15) is 11.6 Å². The summed E-state index contributed by atoms with van der Waals surface area (Å²) in [5, 5.41) is 1.67. The van der Waals surface area contributed by atoms with Crippen molar-refractivity contribution >= 4 is 18.5 Å². The number of carbonyl (C=O) groups is 1. The summed E-state index contributed by atoms with van der Waals surface area (Å²) in [6.45, 7) is -1.26. The maximum Gasteiger partial charge on any atom is 0.408 e. The van der Waals surface area contributed by atoms with Gasteiger partial charge in [-0.25, -0.2) is 26.7 Å². The minimum Gasteiger partial charge on any atom is -0.443 e. The number of hydrogen-bond donors (Lipinski definition) is 1. The Bertz CT molecular complexity index is 511. The van der Waals surface area contributed by atoms with Crippen LogP contribution in [0, 0.1) is 17.5 Å². The molecule has 1 amide bonds. The fraction of sp³-hybridized carbons (Fsp3) is 0.300. The number of amides is 1. The summed E-state index contributed by atoms with van der Waals surface area (Å²) < 4.78 is 69.9. The van der Waals surface area contributed by atoms with Gasteiger partial charge in [0.15, 0.2) is 24.1 Å². The van der Waals surface area contributed by atoms with Crippen LogP contribution in [-0.4, -0.2) is 18.6 Å². The van der Waals surface area contributed by atoms with Gasteiger partial charge >= 0.3 is 12.0 Å². The number of rotatable bonds is 1. The number of halogens is 6. The van der Waals surface area contributed by atoms with Gasteiger partial charge in [0.05, 0.1) is 0 Å². The molecule has 1 aliphatic rings. The summed E-state index contributed by atoms with van der Waals surface area (Å²) in [6.07, 6.45) is -1.19. The average molecular weight is 304 g/mol. The monoisotopic (exact) mass is 303 g/mol. The number of ether oxygens (including phenoxy) is 1. The average Bonchev–Trinajstić information content (AvgIpc) is 2.30. The highest BCUT2D eigenvalue weighted by molar-refractivity contribution is 5.85. The van der Waals surface area contributed by atoms with Crippen LogP contribution >= 0.6 is 12.4 Å². The van der Waals surface area contributed by atoms with Crippen LogP contribution in [0.3, 0.4) is 0 Å². The molecule has 0 unspecified atom stereocenters. The Balaban J connectivity index is 0.00000180. The third kappa shape index (κ3) is 2.73. The lowest BCUT2D eigenvalue weighted by molar-refractivity contribution is -0.105. The lowest BCUT2D eigenvalue weighted by Crippen LogP contribution is -2.50. The van der Waals surface area contributed by atoms with E-state index in [1.807, 2.05) is 0 Å². The van der Waals surface area contributed by atoms with Gasteiger partial charge in [-0.15, -0.1) is 12.4 Å². The number of nitrogens with one attached hydrogen (secondary N) is 1. The topological polar surface area (TPSA) is 38.3 Å². The first-order chi connectivity index (χ1) is 8.33. The molecule has 1 aliphatic heterocycles. The van der Waals surface area contributed by atoms with Crippen molar-refractivity contribution in [3.8, 4) is 0 Å². The SMILES string of the molecule is Cl.O=C1N[C@@H](c2ccc(F)c(F)c2F)C(F)(F)CO1. The third-order valence-electron chi connectivity index (χ3n) is 2.46. The lowest BCUT2D eigenvalue weighted by atomic mass is 9.99. The molecule has 0 radical (unpaired) electrons. The van der Waals surface area contributed by atoms with Crippen LogP contribution in [-0.2, 0) is 4.74 Å². The maximum atomic E-state index is 13.4. The first-order valence-electron chi connectivity index (χ1n) is 4.77. The largest absolute Gasteiger partial charge is 0.443 e. The molecule has 1 aromatic rings. The first-order valence-corrected chi connectivity index (χ1v) is 4.77. The zero-order valence-electron chi connectivity index (χ0n) is 9.05. The van der Waals surface area contributed by atoms with Crippen molar-refractivity contribution in [1.29, 1.82) is 0 Å². The summed E-state index contributed by atoms with van der Waals surface area (Å²) in [6, 6.07) is -0.947. The Kier molecular flexibility index (Phi) is 4.24. The van der Waals surface area contributed by atoms with Crippen LogP contribution in [0.2, 0.25) is 0 Å². The minimum absolute atomic E-state index is 0. The van der Waals surface area contributed by atoms with Gasteiger partial charge in [0, 0.05) is 5.56 Å². The Morgan fingerprint density at radius 3 is 2.47 bits per heavy atom. The molecule has 1 atom stereocenters. The van der Waals surface area contributed by atoms with Crippen molar-refractivity contribution in [2.75, 3.05) is 6.61 Å². The second kappa shape index (κ2) is 5.20. The van der Waals surface area contributed by atoms with Gasteiger partial charge in [0.2, 0.25) is 0 Å². The maximum absolute atomic E-state index is 13.4. The van der Waals surface area contributed by atoms with Gasteiger partial charge in [-0.2, -0.15) is 0 Å². The first kappa shape index (κ1) is 15.5. The van der Waals surface area contributed by atoms with Crippen LogP contribution in [0.5, 0.6) is 0 Å². The molecule has 0 saturated carbocycles. The quantitative estimate of drug-likeness (QED) is 0.640. The molecule has 0 aliphatic carbocycles. The van der Waals surface area contributed by atoms with E-state index in [2.05, 4.69) is 4.74 Å². The zero-order chi connectivity index (χ0) is 13.5. The van der Waals surface area contributed by atoms with Gasteiger partial charge < -0.3 is 10.1 Å². The standard InChI is InChI=1S/C10H6F5NO2.ClH/c11-5-2-1-4(6(12)7(5)13)8-10(14,15)3-18-9(17)16-8;/h1-2,8H,3H2,(H,16,17);1H/t8-;/m0./s1. The van der Waals surface area contributed by atoms with Crippen molar-refractivity contribution in [2.24, 2.45) is 0 Å². The Morgan fingerprint density at radius 2 is 1.84 bits per heavy atom. The molecule has 19 heavy (non-hydrogen) atoms. The van der Waals surface area contributed by atoms with Gasteiger partial charge in [-0.3, -0.25) is 0 Å². The van der Waals surface area contributed by atoms with Gasteiger partial charge in [-0.05, 0) is 6.07 Å². The highest BCUT2D eigenvalue weighted by Crippen LogP contribution is 2.36. The van der Waals surface area contributed by atoms with Gasteiger partial charge in [-0.1, -0.05) is 6.07 Å². The second-order valence-corrected chi connectivity index (χ2v) is 3.68. The molecule has 2 rings (SSSR count). The van der Waals surface area contributed by atoms with Crippen molar-refractivity contribution in [2.45, 2.75) is 12.0 Å². The minimum atomic E-state index is -3.63. The molecule has 106 valence electrons. The van der Waals surface area contributed by atoms with Crippen LogP contribution in [0.4, 0.5) is 26.7 Å². The normalized spacial score (nSPS) is 21.1. The van der Waals surface area contributed by atoms with Gasteiger partial charge in [0.1, 0.15) is 6.04 Å². The number of benzene rings is 1. The van der Waals surface area contributed by atoms with Crippen molar-refractivity contribution < 1.29 is 31.5 Å². The summed E-state index contributed by atoms with van der Waals surface area (Å²) in [7, 11) is 0. The molecule has 1 saturated heterocycles. The van der Waals surface area contributed by atoms with E-state index in [1.165, 1.54) is 0 Å². The molecule has 1 aromatic carbocycles. The predicted octanol–water partition coefficient (Wildman–Crippen LogP) is 2.94. The molecular formula is C10H7ClF5NO2. The molecule has 0 aromatic heterocycles. The molecular weight excluding hydrogens is 297 g/mol. The molecule has 1 heterocycles. The molecule has 3 nitrogen and oxygen atoms in total. The Hall–Kier alpha value is -1.57. The van der Waals surface area contributed by atoms with Crippen LogP contribution in [0.25, 0.3) is 0 Å². The zero-order valence-corrected chi connectivity index (χ0v) is 9.87.